The Hall–Kier alpha value is -3.84. The van der Waals surface area contributed by atoms with Gasteiger partial charge in [0.1, 0.15) is 5.75 Å². The summed E-state index contributed by atoms with van der Waals surface area (Å²) in [5.74, 6) is -0.425. The van der Waals surface area contributed by atoms with Crippen LogP contribution in [0.1, 0.15) is 34.3 Å². The van der Waals surface area contributed by atoms with Crippen LogP contribution in [0.3, 0.4) is 0 Å². The van der Waals surface area contributed by atoms with Gasteiger partial charge in [-0.15, -0.1) is 0 Å². The zero-order chi connectivity index (χ0) is 24.8. The number of anilines is 1. The van der Waals surface area contributed by atoms with Gasteiger partial charge in [0.25, 0.3) is 5.91 Å². The molecule has 1 fully saturated rings. The number of benzene rings is 3. The number of ether oxygens (including phenoxy) is 2. The van der Waals surface area contributed by atoms with Crippen molar-refractivity contribution in [3.05, 3.63) is 94.5 Å². The van der Waals surface area contributed by atoms with Crippen LogP contribution in [0, 0.1) is 0 Å². The molecule has 0 aromatic heterocycles. The highest BCUT2D eigenvalue weighted by molar-refractivity contribution is 6.30. The minimum atomic E-state index is -0.616. The standard InChI is InChI=1S/C27H25ClN2O5/c1-34-25(32)19-13-18(16-29-24(31)17-35-23-5-3-2-4-6-23)14-22(15-19)30-26(33)27(11-12-27)20-7-9-21(28)10-8-20/h2-10,13-15H,11-12,16-17H2,1H3,(H,29,31)(H,30,33). The lowest BCUT2D eigenvalue weighted by Crippen LogP contribution is -2.29. The summed E-state index contributed by atoms with van der Waals surface area (Å²) in [6, 6.07) is 21.2. The maximum absolute atomic E-state index is 13.2. The quantitative estimate of drug-likeness (QED) is 0.429. The second kappa shape index (κ2) is 10.6. The molecule has 2 N–H and O–H groups in total. The second-order valence-corrected chi connectivity index (χ2v) is 8.77. The van der Waals surface area contributed by atoms with E-state index in [1.54, 1.807) is 42.5 Å². The van der Waals surface area contributed by atoms with E-state index >= 15 is 0 Å². The van der Waals surface area contributed by atoms with Gasteiger partial charge in [0.2, 0.25) is 5.91 Å². The summed E-state index contributed by atoms with van der Waals surface area (Å²) in [6.45, 7) is 0.000919. The molecule has 35 heavy (non-hydrogen) atoms. The number of nitrogens with one attached hydrogen (secondary N) is 2. The Balaban J connectivity index is 1.44. The number of esters is 1. The minimum Gasteiger partial charge on any atom is -0.484 e. The largest absolute Gasteiger partial charge is 0.484 e. The van der Waals surface area contributed by atoms with Gasteiger partial charge in [-0.1, -0.05) is 41.9 Å². The van der Waals surface area contributed by atoms with E-state index in [0.717, 1.165) is 18.4 Å². The number of rotatable bonds is 9. The van der Waals surface area contributed by atoms with E-state index in [1.807, 2.05) is 30.3 Å². The van der Waals surface area contributed by atoms with E-state index in [0.29, 0.717) is 22.0 Å². The number of carbonyl (C=O) groups is 3. The van der Waals surface area contributed by atoms with Crippen molar-refractivity contribution in [3.8, 4) is 5.75 Å². The van der Waals surface area contributed by atoms with Crippen molar-refractivity contribution in [1.82, 2.24) is 5.32 Å². The highest BCUT2D eigenvalue weighted by Crippen LogP contribution is 2.49. The Labute approximate surface area is 208 Å². The average Bonchev–Trinajstić information content (AvgIpc) is 3.69. The zero-order valence-electron chi connectivity index (χ0n) is 19.2. The SMILES string of the molecule is COC(=O)c1cc(CNC(=O)COc2ccccc2)cc(NC(=O)C2(c3ccc(Cl)cc3)CC2)c1. The Morgan fingerprint density at radius 3 is 2.34 bits per heavy atom. The molecule has 1 aliphatic carbocycles. The lowest BCUT2D eigenvalue weighted by Gasteiger charge is -2.17. The molecule has 0 atom stereocenters. The van der Waals surface area contributed by atoms with Crippen molar-refractivity contribution in [3.63, 3.8) is 0 Å². The molecule has 7 nitrogen and oxygen atoms in total. The van der Waals surface area contributed by atoms with Gasteiger partial charge in [-0.3, -0.25) is 9.59 Å². The summed E-state index contributed by atoms with van der Waals surface area (Å²) in [7, 11) is 1.29. The molecule has 3 aromatic rings. The second-order valence-electron chi connectivity index (χ2n) is 8.33. The highest BCUT2D eigenvalue weighted by Gasteiger charge is 2.51. The van der Waals surface area contributed by atoms with Crippen molar-refractivity contribution in [1.29, 1.82) is 0 Å². The minimum absolute atomic E-state index is 0.145. The van der Waals surface area contributed by atoms with Crippen LogP contribution in [0.4, 0.5) is 5.69 Å². The summed E-state index contributed by atoms with van der Waals surface area (Å²) in [5.41, 5.74) is 1.63. The fourth-order valence-electron chi connectivity index (χ4n) is 3.81. The summed E-state index contributed by atoms with van der Waals surface area (Å²) in [6.07, 6.45) is 1.45. The third kappa shape index (κ3) is 6.00. The third-order valence-corrected chi connectivity index (χ3v) is 6.11. The first kappa shape index (κ1) is 24.3. The molecule has 4 rings (SSSR count). The zero-order valence-corrected chi connectivity index (χ0v) is 19.9. The van der Waals surface area contributed by atoms with Gasteiger partial charge < -0.3 is 20.1 Å². The number of hydrogen-bond donors (Lipinski definition) is 2. The summed E-state index contributed by atoms with van der Waals surface area (Å²) in [4.78, 5) is 37.6. The number of halogens is 1. The normalized spacial score (nSPS) is 13.4. The smallest absolute Gasteiger partial charge is 0.337 e. The van der Waals surface area contributed by atoms with Gasteiger partial charge in [0, 0.05) is 17.3 Å². The van der Waals surface area contributed by atoms with Crippen molar-refractivity contribution < 1.29 is 23.9 Å². The molecule has 1 aliphatic rings. The molecule has 0 heterocycles. The molecule has 1 saturated carbocycles. The lowest BCUT2D eigenvalue weighted by atomic mass is 9.95. The molecule has 0 saturated heterocycles. The molecule has 0 unspecified atom stereocenters. The van der Waals surface area contributed by atoms with E-state index in [4.69, 9.17) is 21.1 Å². The van der Waals surface area contributed by atoms with Gasteiger partial charge in [-0.05, 0) is 66.4 Å². The fourth-order valence-corrected chi connectivity index (χ4v) is 3.94. The van der Waals surface area contributed by atoms with Crippen molar-refractivity contribution >= 4 is 35.1 Å². The number of methoxy groups -OCH3 is 1. The van der Waals surface area contributed by atoms with Crippen LogP contribution >= 0.6 is 11.6 Å². The molecular weight excluding hydrogens is 468 g/mol. The van der Waals surface area contributed by atoms with Gasteiger partial charge in [0.15, 0.2) is 6.61 Å². The van der Waals surface area contributed by atoms with E-state index < -0.39 is 11.4 Å². The summed E-state index contributed by atoms with van der Waals surface area (Å²) < 4.78 is 10.3. The van der Waals surface area contributed by atoms with Crippen LogP contribution < -0.4 is 15.4 Å². The number of amides is 2. The van der Waals surface area contributed by atoms with Crippen LogP contribution in [0.25, 0.3) is 0 Å². The van der Waals surface area contributed by atoms with Crippen molar-refractivity contribution in [2.75, 3.05) is 19.0 Å². The van der Waals surface area contributed by atoms with Crippen LogP contribution in [0.5, 0.6) is 5.75 Å². The molecule has 0 spiro atoms. The number of para-hydroxylation sites is 1. The molecule has 0 bridgehead atoms. The lowest BCUT2D eigenvalue weighted by molar-refractivity contribution is -0.123. The molecule has 0 aliphatic heterocycles. The molecule has 180 valence electrons. The monoisotopic (exact) mass is 492 g/mol. The summed E-state index contributed by atoms with van der Waals surface area (Å²) >= 11 is 5.99. The Kier molecular flexibility index (Phi) is 7.36. The predicted octanol–water partition coefficient (Wildman–Crippen LogP) is 4.49. The number of hydrogen-bond acceptors (Lipinski definition) is 5. The topological polar surface area (TPSA) is 93.7 Å². The Morgan fingerprint density at radius 1 is 0.971 bits per heavy atom. The predicted molar refractivity (Wildman–Crippen MR) is 133 cm³/mol. The van der Waals surface area contributed by atoms with Crippen LogP contribution in [0.15, 0.2) is 72.8 Å². The maximum atomic E-state index is 13.2. The molecule has 3 aromatic carbocycles. The first-order chi connectivity index (χ1) is 16.9. The Morgan fingerprint density at radius 2 is 1.69 bits per heavy atom. The van der Waals surface area contributed by atoms with Gasteiger partial charge in [-0.2, -0.15) is 0 Å². The molecule has 2 amide bonds. The Bertz CT molecular complexity index is 1220. The van der Waals surface area contributed by atoms with Crippen molar-refractivity contribution in [2.24, 2.45) is 0 Å². The van der Waals surface area contributed by atoms with Gasteiger partial charge >= 0.3 is 5.97 Å². The first-order valence-corrected chi connectivity index (χ1v) is 11.5. The van der Waals surface area contributed by atoms with Crippen LogP contribution in [0.2, 0.25) is 5.02 Å². The molecule has 8 heteroatoms. The van der Waals surface area contributed by atoms with E-state index in [-0.39, 0.29) is 30.5 Å². The molecular formula is C27H25ClN2O5. The van der Waals surface area contributed by atoms with Crippen LogP contribution in [-0.4, -0.2) is 31.5 Å². The first-order valence-electron chi connectivity index (χ1n) is 11.1. The van der Waals surface area contributed by atoms with Gasteiger partial charge in [-0.25, -0.2) is 4.79 Å². The maximum Gasteiger partial charge on any atom is 0.337 e. The van der Waals surface area contributed by atoms with Crippen molar-refractivity contribution in [2.45, 2.75) is 24.8 Å². The molecule has 0 radical (unpaired) electrons. The summed E-state index contributed by atoms with van der Waals surface area (Å²) in [5, 5.41) is 6.31. The average molecular weight is 493 g/mol. The van der Waals surface area contributed by atoms with Crippen LogP contribution in [-0.2, 0) is 26.3 Å². The van der Waals surface area contributed by atoms with E-state index in [2.05, 4.69) is 10.6 Å². The third-order valence-electron chi connectivity index (χ3n) is 5.86. The van der Waals surface area contributed by atoms with E-state index in [9.17, 15) is 14.4 Å². The van der Waals surface area contributed by atoms with Gasteiger partial charge in [0.05, 0.1) is 18.1 Å². The van der Waals surface area contributed by atoms with E-state index in [1.165, 1.54) is 7.11 Å². The highest BCUT2D eigenvalue weighted by atomic mass is 35.5. The fraction of sp³-hybridized carbons (Fsp3) is 0.222. The number of carbonyl (C=O) groups excluding carboxylic acids is 3.